The van der Waals surface area contributed by atoms with E-state index in [0.717, 1.165) is 0 Å². The van der Waals surface area contributed by atoms with Crippen LogP contribution in [0.25, 0.3) is 0 Å². The number of hydrogen-bond acceptors (Lipinski definition) is 7. The highest BCUT2D eigenvalue weighted by Crippen LogP contribution is 2.29. The number of carbonyl (C=O) groups is 5. The van der Waals surface area contributed by atoms with Gasteiger partial charge >= 0.3 is 23.9 Å². The summed E-state index contributed by atoms with van der Waals surface area (Å²) in [5, 5.41) is 51.1. The maximum atomic E-state index is 10.5. The lowest BCUT2D eigenvalue weighted by Crippen LogP contribution is -2.37. The van der Waals surface area contributed by atoms with Crippen molar-refractivity contribution in [2.45, 2.75) is 51.4 Å². The Morgan fingerprint density at radius 1 is 0.464 bits per heavy atom. The molecule has 0 aliphatic heterocycles. The fourth-order valence-electron chi connectivity index (χ4n) is 3.17. The molecule has 11 heteroatoms. The Labute approximate surface area is 160 Å². The molecule has 0 radical (unpaired) electrons. The van der Waals surface area contributed by atoms with Crippen molar-refractivity contribution in [1.82, 2.24) is 0 Å². The third-order valence-corrected chi connectivity index (χ3v) is 4.85. The summed E-state index contributed by atoms with van der Waals surface area (Å²) in [7, 11) is 0. The molecular formula is C17H24O11-2. The van der Waals surface area contributed by atoms with Crippen molar-refractivity contribution in [3.63, 3.8) is 0 Å². The maximum Gasteiger partial charge on any atom is 0.306 e. The standard InChI is InChI=1S/2C8H12O4.CH2O3/c2*9-7(10)5-1-2-6(4-3-5)8(11)12;2-1(3)4/h2*5-6H,1-4H2,(H,9,10)(H,11,12);(H2,2,3,4)/p-2. The minimum atomic E-state index is -2.33. The van der Waals surface area contributed by atoms with Gasteiger partial charge in [0.25, 0.3) is 0 Å². The molecule has 2 rings (SSSR count). The quantitative estimate of drug-likeness (QED) is 0.467. The highest BCUT2D eigenvalue weighted by atomic mass is 16.6. The van der Waals surface area contributed by atoms with E-state index in [4.69, 9.17) is 35.4 Å². The molecule has 0 atom stereocenters. The zero-order valence-corrected chi connectivity index (χ0v) is 15.1. The van der Waals surface area contributed by atoms with E-state index < -0.39 is 30.0 Å². The molecule has 0 aromatic carbocycles. The van der Waals surface area contributed by atoms with Gasteiger partial charge in [0, 0.05) is 0 Å². The van der Waals surface area contributed by atoms with Crippen molar-refractivity contribution >= 4 is 30.0 Å². The van der Waals surface area contributed by atoms with E-state index in [1.807, 2.05) is 0 Å². The van der Waals surface area contributed by atoms with E-state index in [2.05, 4.69) is 0 Å². The van der Waals surface area contributed by atoms with Crippen LogP contribution in [0.4, 0.5) is 4.79 Å². The van der Waals surface area contributed by atoms with E-state index in [1.54, 1.807) is 0 Å². The lowest BCUT2D eigenvalue weighted by Gasteiger charge is -2.22. The van der Waals surface area contributed by atoms with Gasteiger partial charge in [-0.2, -0.15) is 0 Å². The Balaban J connectivity index is 0.000000439. The Kier molecular flexibility index (Phi) is 11.2. The van der Waals surface area contributed by atoms with E-state index in [0.29, 0.717) is 51.4 Å². The second-order valence-corrected chi connectivity index (χ2v) is 6.70. The number of carboxylic acids is 4. The van der Waals surface area contributed by atoms with Crippen LogP contribution in [0.15, 0.2) is 0 Å². The lowest BCUT2D eigenvalue weighted by atomic mass is 9.82. The number of carbonyl (C=O) groups excluding carboxylic acids is 1. The molecule has 0 saturated heterocycles. The third-order valence-electron chi connectivity index (χ3n) is 4.85. The van der Waals surface area contributed by atoms with Crippen LogP contribution in [0, 0.1) is 23.7 Å². The van der Waals surface area contributed by atoms with Crippen LogP contribution in [0.5, 0.6) is 0 Å². The van der Waals surface area contributed by atoms with Crippen molar-refractivity contribution in [3.8, 4) is 0 Å². The third kappa shape index (κ3) is 10.3. The Bertz CT molecular complexity index is 463. The summed E-state index contributed by atoms with van der Waals surface area (Å²) in [6, 6.07) is 0. The van der Waals surface area contributed by atoms with Gasteiger partial charge in [0.15, 0.2) is 0 Å². The highest BCUT2D eigenvalue weighted by molar-refractivity contribution is 5.73. The minimum Gasteiger partial charge on any atom is -0.652 e. The lowest BCUT2D eigenvalue weighted by molar-refractivity contribution is -0.415. The SMILES string of the molecule is O=C(O)C1CCC(C(=O)O)CC1.O=C(O)C1CCC(C(=O)O)CC1.O=C([O-])[O-]. The minimum absolute atomic E-state index is 0.319. The normalized spacial score (nSPS) is 26.3. The summed E-state index contributed by atoms with van der Waals surface area (Å²) in [5.41, 5.74) is 0. The molecule has 0 bridgehead atoms. The zero-order chi connectivity index (χ0) is 21.9. The summed E-state index contributed by atoms with van der Waals surface area (Å²) >= 11 is 0. The van der Waals surface area contributed by atoms with Crippen LogP contribution in [0.1, 0.15) is 51.4 Å². The first-order valence-electron chi connectivity index (χ1n) is 8.74. The molecular weight excluding hydrogens is 380 g/mol. The summed E-state index contributed by atoms with van der Waals surface area (Å²) in [4.78, 5) is 50.3. The first-order chi connectivity index (χ1) is 13.0. The van der Waals surface area contributed by atoms with Gasteiger partial charge in [-0.25, -0.2) is 0 Å². The van der Waals surface area contributed by atoms with Crippen molar-refractivity contribution in [1.29, 1.82) is 0 Å². The number of hydrogen-bond donors (Lipinski definition) is 4. The predicted molar refractivity (Wildman–Crippen MR) is 86.8 cm³/mol. The van der Waals surface area contributed by atoms with Gasteiger partial charge in [0.05, 0.1) is 23.7 Å². The fourth-order valence-corrected chi connectivity index (χ4v) is 3.17. The Morgan fingerprint density at radius 3 is 0.643 bits per heavy atom. The molecule has 0 amide bonds. The molecule has 28 heavy (non-hydrogen) atoms. The van der Waals surface area contributed by atoms with Crippen LogP contribution in [0.3, 0.4) is 0 Å². The van der Waals surface area contributed by atoms with Gasteiger partial charge in [-0.3, -0.25) is 19.2 Å². The van der Waals surface area contributed by atoms with Gasteiger partial charge in [-0.15, -0.1) is 0 Å². The van der Waals surface area contributed by atoms with Crippen LogP contribution >= 0.6 is 0 Å². The second-order valence-electron chi connectivity index (χ2n) is 6.70. The zero-order valence-electron chi connectivity index (χ0n) is 15.1. The topological polar surface area (TPSA) is 212 Å². The van der Waals surface area contributed by atoms with Crippen LogP contribution in [-0.4, -0.2) is 50.5 Å². The monoisotopic (exact) mass is 404 g/mol. The van der Waals surface area contributed by atoms with Crippen LogP contribution in [0.2, 0.25) is 0 Å². The molecule has 0 aromatic heterocycles. The van der Waals surface area contributed by atoms with Gasteiger partial charge in [-0.05, 0) is 57.5 Å². The van der Waals surface area contributed by atoms with Crippen molar-refractivity contribution in [3.05, 3.63) is 0 Å². The van der Waals surface area contributed by atoms with Crippen molar-refractivity contribution in [2.24, 2.45) is 23.7 Å². The summed E-state index contributed by atoms with van der Waals surface area (Å²) in [6.07, 6.45) is 1.72. The van der Waals surface area contributed by atoms with E-state index in [9.17, 15) is 19.2 Å². The smallest absolute Gasteiger partial charge is 0.306 e. The van der Waals surface area contributed by atoms with E-state index >= 15 is 0 Å². The van der Waals surface area contributed by atoms with Gasteiger partial charge < -0.3 is 35.4 Å². The highest BCUT2D eigenvalue weighted by Gasteiger charge is 2.30. The molecule has 0 heterocycles. The molecule has 2 aliphatic rings. The molecule has 160 valence electrons. The second kappa shape index (κ2) is 12.5. The fraction of sp³-hybridized carbons (Fsp3) is 0.706. The van der Waals surface area contributed by atoms with Crippen molar-refractivity contribution < 1.29 is 54.6 Å². The average molecular weight is 404 g/mol. The molecule has 0 unspecified atom stereocenters. The van der Waals surface area contributed by atoms with Crippen LogP contribution in [-0.2, 0) is 19.2 Å². The molecule has 0 aromatic rings. The first-order valence-corrected chi connectivity index (χ1v) is 8.74. The summed E-state index contributed by atoms with van der Waals surface area (Å²) < 4.78 is 0. The maximum absolute atomic E-state index is 10.5. The number of carboxylic acid groups (broad SMARTS) is 6. The van der Waals surface area contributed by atoms with Gasteiger partial charge in [0.1, 0.15) is 0 Å². The largest absolute Gasteiger partial charge is 0.652 e. The molecule has 4 N–H and O–H groups in total. The molecule has 2 aliphatic carbocycles. The summed E-state index contributed by atoms with van der Waals surface area (Å²) in [5.74, 6) is -4.45. The Morgan fingerprint density at radius 2 is 0.571 bits per heavy atom. The Hall–Kier alpha value is -2.85. The van der Waals surface area contributed by atoms with Gasteiger partial charge in [-0.1, -0.05) is 0 Å². The molecule has 0 spiro atoms. The van der Waals surface area contributed by atoms with Gasteiger partial charge in [0.2, 0.25) is 0 Å². The first kappa shape index (κ1) is 25.1. The number of rotatable bonds is 4. The number of aliphatic carboxylic acids is 4. The molecule has 2 saturated carbocycles. The summed E-state index contributed by atoms with van der Waals surface area (Å²) in [6.45, 7) is 0. The average Bonchev–Trinajstić information content (AvgIpc) is 2.61. The molecule has 2 fully saturated rings. The predicted octanol–water partition coefficient (Wildman–Crippen LogP) is -0.523. The van der Waals surface area contributed by atoms with Crippen LogP contribution < -0.4 is 10.2 Å². The van der Waals surface area contributed by atoms with E-state index in [-0.39, 0.29) is 23.7 Å². The van der Waals surface area contributed by atoms with Crippen molar-refractivity contribution in [2.75, 3.05) is 0 Å². The molecule has 11 nitrogen and oxygen atoms in total. The van der Waals surface area contributed by atoms with E-state index in [1.165, 1.54) is 0 Å².